The molecule has 0 aliphatic carbocycles. The van der Waals surface area contributed by atoms with Gasteiger partial charge in [-0.1, -0.05) is 121 Å². The molecule has 10 rings (SSSR count). The number of aromatic nitrogens is 8. The lowest BCUT2D eigenvalue weighted by Gasteiger charge is -2.21. The van der Waals surface area contributed by atoms with Gasteiger partial charge in [0.1, 0.15) is 21.3 Å². The van der Waals surface area contributed by atoms with Crippen LogP contribution in [-0.4, -0.2) is 86.1 Å². The summed E-state index contributed by atoms with van der Waals surface area (Å²) in [6.07, 6.45) is 7.45. The molecule has 0 amide bonds. The summed E-state index contributed by atoms with van der Waals surface area (Å²) in [5, 5.41) is 5.56. The fourth-order valence-electron chi connectivity index (χ4n) is 8.05. The van der Waals surface area contributed by atoms with Crippen LogP contribution in [0, 0.1) is 0 Å². The van der Waals surface area contributed by atoms with Crippen molar-refractivity contribution in [2.45, 2.75) is 6.54 Å². The second-order valence-electron chi connectivity index (χ2n) is 15.5. The van der Waals surface area contributed by atoms with Crippen LogP contribution in [0.25, 0.3) is 86.9 Å². The molecule has 0 atom stereocenters. The van der Waals surface area contributed by atoms with Crippen molar-refractivity contribution in [3.63, 3.8) is 0 Å². The van der Waals surface area contributed by atoms with Gasteiger partial charge in [-0.3, -0.25) is 0 Å². The minimum absolute atomic E-state index is 0.456. The second-order valence-corrected chi connectivity index (χ2v) is 17.5. The van der Waals surface area contributed by atoms with E-state index < -0.39 is 0 Å². The summed E-state index contributed by atoms with van der Waals surface area (Å²) < 4.78 is 15.8. The predicted molar refractivity (Wildman–Crippen MR) is 264 cm³/mol. The number of ether oxygens (including phenoxy) is 2. The molecule has 14 heteroatoms. The van der Waals surface area contributed by atoms with Crippen molar-refractivity contribution in [1.82, 2.24) is 39.0 Å². The highest BCUT2D eigenvalue weighted by Gasteiger charge is 2.26. The molecule has 0 aliphatic heterocycles. The van der Waals surface area contributed by atoms with Gasteiger partial charge in [0, 0.05) is 86.5 Å². The van der Waals surface area contributed by atoms with Crippen molar-refractivity contribution >= 4 is 54.7 Å². The van der Waals surface area contributed by atoms with E-state index in [1.54, 1.807) is 42.2 Å². The minimum atomic E-state index is 0.456. The minimum Gasteiger partial charge on any atom is -0.383 e. The van der Waals surface area contributed by atoms with Gasteiger partial charge in [-0.05, 0) is 22.3 Å². The van der Waals surface area contributed by atoms with Crippen molar-refractivity contribution in [3.8, 4) is 66.4 Å². The first-order chi connectivity index (χ1) is 32.1. The van der Waals surface area contributed by atoms with E-state index in [4.69, 9.17) is 34.4 Å². The highest BCUT2D eigenvalue weighted by Crippen LogP contribution is 2.48. The molecule has 12 nitrogen and oxygen atoms in total. The van der Waals surface area contributed by atoms with Gasteiger partial charge in [0.05, 0.1) is 30.6 Å². The first kappa shape index (κ1) is 41.9. The summed E-state index contributed by atoms with van der Waals surface area (Å²) in [5.74, 6) is 4.07. The Balaban J connectivity index is 0.925. The van der Waals surface area contributed by atoms with Crippen molar-refractivity contribution < 1.29 is 9.47 Å². The maximum atomic E-state index is 6.38. The summed E-state index contributed by atoms with van der Waals surface area (Å²) in [6, 6.07) is 42.0. The molecule has 0 fully saturated rings. The quantitative estimate of drug-likeness (QED) is 0.0885. The summed E-state index contributed by atoms with van der Waals surface area (Å²) in [7, 11) is 5.74. The Morgan fingerprint density at radius 3 is 1.72 bits per heavy atom. The molecule has 65 heavy (non-hydrogen) atoms. The third kappa shape index (κ3) is 8.52. The van der Waals surface area contributed by atoms with E-state index >= 15 is 0 Å². The molecular formula is C51H46N10O2S2. The van der Waals surface area contributed by atoms with Gasteiger partial charge in [-0.15, -0.1) is 22.7 Å². The Morgan fingerprint density at radius 1 is 0.600 bits per heavy atom. The first-order valence-corrected chi connectivity index (χ1v) is 23.1. The van der Waals surface area contributed by atoms with Crippen LogP contribution in [0.2, 0.25) is 0 Å². The van der Waals surface area contributed by atoms with Crippen LogP contribution < -0.4 is 10.2 Å². The normalized spacial score (nSPS) is 11.5. The van der Waals surface area contributed by atoms with Gasteiger partial charge in [0.25, 0.3) is 0 Å². The number of thiophene rings is 2. The molecule has 324 valence electrons. The fourth-order valence-corrected chi connectivity index (χ4v) is 10.5. The van der Waals surface area contributed by atoms with Gasteiger partial charge in [-0.2, -0.15) is 0 Å². The van der Waals surface area contributed by atoms with Crippen LogP contribution in [0.15, 0.2) is 146 Å². The zero-order valence-electron chi connectivity index (χ0n) is 36.3. The SMILES string of the molecule is COCCNc1nc(-c2nccn2CCOCCN(C)c2nc(-c3nccn3C)nc3sc(-c4ccccc4)c(-c4ccccc4)c23)nc2sc(-c3ccccc3)c(-c3ccccc3)c12. The Morgan fingerprint density at radius 2 is 1.14 bits per heavy atom. The van der Waals surface area contributed by atoms with Crippen LogP contribution in [0.4, 0.5) is 11.6 Å². The molecule has 0 bridgehead atoms. The Kier molecular flexibility index (Phi) is 12.2. The molecule has 4 aromatic carbocycles. The van der Waals surface area contributed by atoms with Crippen LogP contribution in [0.5, 0.6) is 0 Å². The van der Waals surface area contributed by atoms with E-state index in [1.165, 1.54) is 0 Å². The second kappa shape index (κ2) is 18.9. The van der Waals surface area contributed by atoms with Crippen molar-refractivity contribution in [3.05, 3.63) is 146 Å². The molecule has 6 heterocycles. The molecule has 6 aromatic heterocycles. The lowest BCUT2D eigenvalue weighted by atomic mass is 9.99. The lowest BCUT2D eigenvalue weighted by molar-refractivity contribution is 0.133. The number of nitrogens with one attached hydrogen (secondary N) is 1. The van der Waals surface area contributed by atoms with Crippen LogP contribution in [-0.2, 0) is 23.1 Å². The van der Waals surface area contributed by atoms with E-state index in [1.807, 2.05) is 48.3 Å². The monoisotopic (exact) mass is 894 g/mol. The Hall–Kier alpha value is -7.10. The molecule has 0 unspecified atom stereocenters. The number of hydrogen-bond donors (Lipinski definition) is 1. The number of nitrogens with zero attached hydrogens (tertiary/aromatic N) is 9. The summed E-state index contributed by atoms with van der Waals surface area (Å²) in [4.78, 5) is 36.3. The number of fused-ring (bicyclic) bond motifs is 2. The highest BCUT2D eigenvalue weighted by molar-refractivity contribution is 7.23. The number of benzene rings is 4. The summed E-state index contributed by atoms with van der Waals surface area (Å²) in [5.41, 5.74) is 6.70. The van der Waals surface area contributed by atoms with E-state index in [0.717, 1.165) is 75.2 Å². The highest BCUT2D eigenvalue weighted by atomic mass is 32.1. The summed E-state index contributed by atoms with van der Waals surface area (Å²) in [6.45, 7) is 3.19. The molecule has 1 N–H and O–H groups in total. The number of methoxy groups -OCH3 is 1. The van der Waals surface area contributed by atoms with Crippen LogP contribution >= 0.6 is 22.7 Å². The number of anilines is 2. The van der Waals surface area contributed by atoms with Gasteiger partial charge < -0.3 is 28.8 Å². The smallest absolute Gasteiger partial charge is 0.199 e. The summed E-state index contributed by atoms with van der Waals surface area (Å²) >= 11 is 3.35. The number of rotatable bonds is 17. The number of imidazole rings is 2. The van der Waals surface area contributed by atoms with Crippen molar-refractivity contribution in [1.29, 1.82) is 0 Å². The average Bonchev–Trinajstić information content (AvgIpc) is 4.17. The third-order valence-electron chi connectivity index (χ3n) is 11.2. The molecule has 10 aromatic rings. The van der Waals surface area contributed by atoms with Gasteiger partial charge in [0.2, 0.25) is 0 Å². The Bertz CT molecular complexity index is 3190. The molecule has 0 radical (unpaired) electrons. The standard InChI is InChI=1S/C51H46N10O2S2/c1-59-27-24-53-48(59)45-56-47(41-39(35-18-10-5-11-19-35)43(65-51(41)57-45)37-22-14-7-15-23-37)60(2)29-32-63-33-30-61-28-25-54-49(61)46-55-44(52-26-31-62-3)40-38(34-16-8-4-9-17-34)42(64-50(40)58-46)36-20-12-6-13-21-36/h4-25,27-28H,26,29-33H2,1-3H3,(H,52,55,58). The number of hydrogen-bond acceptors (Lipinski definition) is 12. The predicted octanol–water partition coefficient (Wildman–Crippen LogP) is 10.8. The van der Waals surface area contributed by atoms with Crippen LogP contribution in [0.1, 0.15) is 0 Å². The average molecular weight is 895 g/mol. The van der Waals surface area contributed by atoms with Crippen molar-refractivity contribution in [2.24, 2.45) is 7.05 Å². The maximum absolute atomic E-state index is 6.38. The van der Waals surface area contributed by atoms with E-state index in [-0.39, 0.29) is 0 Å². The molecular weight excluding hydrogens is 849 g/mol. The van der Waals surface area contributed by atoms with Gasteiger partial charge in [-0.25, -0.2) is 29.9 Å². The largest absolute Gasteiger partial charge is 0.383 e. The fraction of sp³-hybridized carbons (Fsp3) is 0.176. The lowest BCUT2D eigenvalue weighted by Crippen LogP contribution is -2.25. The zero-order valence-corrected chi connectivity index (χ0v) is 37.9. The van der Waals surface area contributed by atoms with E-state index in [9.17, 15) is 0 Å². The van der Waals surface area contributed by atoms with Crippen molar-refractivity contribution in [2.75, 3.05) is 57.3 Å². The van der Waals surface area contributed by atoms with E-state index in [0.29, 0.717) is 62.8 Å². The first-order valence-electron chi connectivity index (χ1n) is 21.5. The van der Waals surface area contributed by atoms with Crippen LogP contribution in [0.3, 0.4) is 0 Å². The zero-order chi connectivity index (χ0) is 44.1. The third-order valence-corrected chi connectivity index (χ3v) is 13.5. The molecule has 0 spiro atoms. The van der Waals surface area contributed by atoms with Gasteiger partial charge in [0.15, 0.2) is 23.3 Å². The topological polar surface area (TPSA) is 121 Å². The molecule has 0 saturated carbocycles. The number of aryl methyl sites for hydroxylation is 1. The van der Waals surface area contributed by atoms with Gasteiger partial charge >= 0.3 is 0 Å². The van der Waals surface area contributed by atoms with E-state index in [2.05, 4.69) is 124 Å². The Labute approximate surface area is 384 Å². The maximum Gasteiger partial charge on any atom is 0.199 e. The molecule has 0 aliphatic rings. The molecule has 0 saturated heterocycles. The number of likely N-dealkylation sites (N-methyl/N-ethyl adjacent to an activating group) is 1.